The molecule has 2 saturated carbocycles. The number of nitrogens with one attached hydrogen (secondary N) is 3. The molecule has 0 unspecified atom stereocenters. The Labute approximate surface area is 209 Å². The summed E-state index contributed by atoms with van der Waals surface area (Å²) in [7, 11) is 0. The van der Waals surface area contributed by atoms with Gasteiger partial charge < -0.3 is 16.0 Å². The molecule has 0 aromatic carbocycles. The zero-order valence-electron chi connectivity index (χ0n) is 20.2. The number of imidazole rings is 1. The summed E-state index contributed by atoms with van der Waals surface area (Å²) in [6.07, 6.45) is 16.6. The van der Waals surface area contributed by atoms with Gasteiger partial charge in [0.2, 0.25) is 11.9 Å². The van der Waals surface area contributed by atoms with Gasteiger partial charge in [-0.2, -0.15) is 0 Å². The van der Waals surface area contributed by atoms with Crippen LogP contribution in [0.5, 0.6) is 0 Å². The van der Waals surface area contributed by atoms with Crippen LogP contribution < -0.4 is 16.0 Å². The molecule has 10 nitrogen and oxygen atoms in total. The van der Waals surface area contributed by atoms with Crippen LogP contribution >= 0.6 is 0 Å². The molecule has 0 atom stereocenters. The molecule has 4 heterocycles. The minimum absolute atomic E-state index is 0.126. The van der Waals surface area contributed by atoms with Gasteiger partial charge in [0, 0.05) is 30.4 Å². The van der Waals surface area contributed by atoms with E-state index in [4.69, 9.17) is 4.98 Å². The fourth-order valence-corrected chi connectivity index (χ4v) is 4.76. The smallest absolute Gasteiger partial charge is 0.223 e. The molecule has 0 aliphatic heterocycles. The van der Waals surface area contributed by atoms with Crippen molar-refractivity contribution < 1.29 is 4.79 Å². The van der Waals surface area contributed by atoms with Gasteiger partial charge in [0.25, 0.3) is 0 Å². The molecule has 10 heteroatoms. The number of nitrogens with zero attached hydrogens (tertiary/aromatic N) is 6. The topological polar surface area (TPSA) is 122 Å². The van der Waals surface area contributed by atoms with Crippen LogP contribution in [0.4, 0.5) is 17.3 Å². The van der Waals surface area contributed by atoms with Crippen molar-refractivity contribution in [3.05, 3.63) is 55.0 Å². The van der Waals surface area contributed by atoms with Crippen molar-refractivity contribution in [1.29, 1.82) is 0 Å². The summed E-state index contributed by atoms with van der Waals surface area (Å²) in [4.78, 5) is 34.5. The van der Waals surface area contributed by atoms with Crippen LogP contribution in [-0.4, -0.2) is 47.3 Å². The largest absolute Gasteiger partial charge is 0.353 e. The third-order valence-corrected chi connectivity index (χ3v) is 6.92. The van der Waals surface area contributed by atoms with Crippen molar-refractivity contribution in [2.75, 3.05) is 10.6 Å². The third kappa shape index (κ3) is 4.84. The average Bonchev–Trinajstić information content (AvgIpc) is 3.62. The maximum Gasteiger partial charge on any atom is 0.223 e. The molecule has 0 spiro atoms. The predicted octanol–water partition coefficient (Wildman–Crippen LogP) is 3.88. The quantitative estimate of drug-likeness (QED) is 0.362. The molecule has 0 saturated heterocycles. The SMILES string of the molecule is Cc1cnc(N[C@H]2CC[C@H](C(=O)NC3CC3)CC2)nc1-c1cnc2ccc(Nc3cncnc3)cn12. The van der Waals surface area contributed by atoms with Crippen LogP contribution in [0.25, 0.3) is 17.0 Å². The minimum atomic E-state index is 0.126. The summed E-state index contributed by atoms with van der Waals surface area (Å²) in [6.45, 7) is 2.01. The van der Waals surface area contributed by atoms with E-state index in [1.54, 1.807) is 12.4 Å². The Kier molecular flexibility index (Phi) is 5.92. The maximum absolute atomic E-state index is 12.4. The molecular formula is C26H29N9O. The van der Waals surface area contributed by atoms with Crippen molar-refractivity contribution in [1.82, 2.24) is 34.6 Å². The van der Waals surface area contributed by atoms with E-state index in [-0.39, 0.29) is 17.9 Å². The number of carbonyl (C=O) groups excluding carboxylic acids is 1. The first kappa shape index (κ1) is 22.4. The van der Waals surface area contributed by atoms with E-state index in [0.717, 1.165) is 72.5 Å². The van der Waals surface area contributed by atoms with Crippen LogP contribution in [0.3, 0.4) is 0 Å². The zero-order valence-corrected chi connectivity index (χ0v) is 20.2. The second kappa shape index (κ2) is 9.52. The molecule has 2 aliphatic rings. The van der Waals surface area contributed by atoms with Gasteiger partial charge in [0.15, 0.2) is 0 Å². The van der Waals surface area contributed by atoms with E-state index in [2.05, 4.69) is 35.9 Å². The summed E-state index contributed by atoms with van der Waals surface area (Å²) in [5.41, 5.74) is 5.22. The van der Waals surface area contributed by atoms with Gasteiger partial charge in [-0.05, 0) is 63.1 Å². The molecule has 4 aromatic rings. The number of aryl methyl sites for hydroxylation is 1. The molecule has 4 aromatic heterocycles. The molecule has 2 aliphatic carbocycles. The second-order valence-corrected chi connectivity index (χ2v) is 9.74. The highest BCUT2D eigenvalue weighted by molar-refractivity contribution is 5.79. The van der Waals surface area contributed by atoms with Crippen molar-refractivity contribution in [2.24, 2.45) is 5.92 Å². The Morgan fingerprint density at radius 3 is 2.47 bits per heavy atom. The summed E-state index contributed by atoms with van der Waals surface area (Å²) in [5.74, 6) is 0.958. The highest BCUT2D eigenvalue weighted by atomic mass is 16.2. The summed E-state index contributed by atoms with van der Waals surface area (Å²) < 4.78 is 2.02. The van der Waals surface area contributed by atoms with E-state index in [1.807, 2.05) is 42.0 Å². The number of amides is 1. The van der Waals surface area contributed by atoms with Crippen LogP contribution in [-0.2, 0) is 4.79 Å². The number of fused-ring (bicyclic) bond motifs is 1. The molecule has 3 N–H and O–H groups in total. The number of aromatic nitrogens is 6. The standard InChI is InChI=1S/C26H29N9O/c1-16-10-30-26(33-19-4-2-17(3-5-19)25(36)32-18-6-7-18)34-24(16)22-13-29-23-9-8-20(14-35(22)23)31-21-11-27-15-28-12-21/h8-15,17-19,31H,2-7H2,1H3,(H,32,36)(H,30,33,34)/t17-,19-. The summed E-state index contributed by atoms with van der Waals surface area (Å²) in [6, 6.07) is 4.62. The van der Waals surface area contributed by atoms with Gasteiger partial charge in [-0.25, -0.2) is 24.9 Å². The Morgan fingerprint density at radius 1 is 0.917 bits per heavy atom. The number of rotatable bonds is 7. The number of anilines is 3. The van der Waals surface area contributed by atoms with E-state index in [9.17, 15) is 4.79 Å². The lowest BCUT2D eigenvalue weighted by molar-refractivity contribution is -0.126. The lowest BCUT2D eigenvalue weighted by Gasteiger charge is -2.28. The lowest BCUT2D eigenvalue weighted by Crippen LogP contribution is -2.37. The van der Waals surface area contributed by atoms with E-state index < -0.39 is 0 Å². The van der Waals surface area contributed by atoms with Crippen molar-refractivity contribution in [2.45, 2.75) is 57.5 Å². The third-order valence-electron chi connectivity index (χ3n) is 6.92. The van der Waals surface area contributed by atoms with Crippen LogP contribution in [0, 0.1) is 12.8 Å². The lowest BCUT2D eigenvalue weighted by atomic mass is 9.85. The van der Waals surface area contributed by atoms with E-state index in [1.165, 1.54) is 6.33 Å². The van der Waals surface area contributed by atoms with Gasteiger partial charge in [-0.1, -0.05) is 0 Å². The second-order valence-electron chi connectivity index (χ2n) is 9.74. The fraction of sp³-hybridized carbons (Fsp3) is 0.385. The Hall–Kier alpha value is -4.08. The summed E-state index contributed by atoms with van der Waals surface area (Å²) >= 11 is 0. The summed E-state index contributed by atoms with van der Waals surface area (Å²) in [5, 5.41) is 9.97. The van der Waals surface area contributed by atoms with Gasteiger partial charge in [0.05, 0.1) is 41.4 Å². The molecule has 1 amide bonds. The Bertz CT molecular complexity index is 1370. The fourth-order valence-electron chi connectivity index (χ4n) is 4.76. The van der Waals surface area contributed by atoms with Crippen LogP contribution in [0.2, 0.25) is 0 Å². The molecule has 0 bridgehead atoms. The highest BCUT2D eigenvalue weighted by Crippen LogP contribution is 2.29. The predicted molar refractivity (Wildman–Crippen MR) is 137 cm³/mol. The van der Waals surface area contributed by atoms with Gasteiger partial charge in [-0.15, -0.1) is 0 Å². The average molecular weight is 484 g/mol. The Morgan fingerprint density at radius 2 is 1.69 bits per heavy atom. The van der Waals surface area contributed by atoms with Crippen LogP contribution in [0.15, 0.2) is 49.4 Å². The number of hydrogen-bond donors (Lipinski definition) is 3. The zero-order chi connectivity index (χ0) is 24.5. The normalized spacial score (nSPS) is 19.7. The van der Waals surface area contributed by atoms with Crippen molar-refractivity contribution >= 4 is 28.9 Å². The maximum atomic E-state index is 12.4. The van der Waals surface area contributed by atoms with Gasteiger partial charge >= 0.3 is 0 Å². The molecular weight excluding hydrogens is 454 g/mol. The molecule has 6 rings (SSSR count). The van der Waals surface area contributed by atoms with E-state index >= 15 is 0 Å². The van der Waals surface area contributed by atoms with Crippen molar-refractivity contribution in [3.8, 4) is 11.4 Å². The van der Waals surface area contributed by atoms with E-state index in [0.29, 0.717) is 12.0 Å². The molecule has 2 fully saturated rings. The van der Waals surface area contributed by atoms with Crippen LogP contribution in [0.1, 0.15) is 44.1 Å². The first-order valence-corrected chi connectivity index (χ1v) is 12.5. The molecule has 0 radical (unpaired) electrons. The Balaban J connectivity index is 1.18. The first-order chi connectivity index (χ1) is 17.6. The number of hydrogen-bond acceptors (Lipinski definition) is 8. The number of carbonyl (C=O) groups is 1. The van der Waals surface area contributed by atoms with Gasteiger partial charge in [-0.3, -0.25) is 9.20 Å². The van der Waals surface area contributed by atoms with Gasteiger partial charge in [0.1, 0.15) is 12.0 Å². The highest BCUT2D eigenvalue weighted by Gasteiger charge is 2.30. The molecule has 36 heavy (non-hydrogen) atoms. The minimum Gasteiger partial charge on any atom is -0.353 e. The monoisotopic (exact) mass is 483 g/mol. The first-order valence-electron chi connectivity index (χ1n) is 12.5. The van der Waals surface area contributed by atoms with Crippen molar-refractivity contribution in [3.63, 3.8) is 0 Å². The number of pyridine rings is 1. The molecule has 184 valence electrons.